The minimum atomic E-state index is -1.03. The Balaban J connectivity index is 2.45. The fourth-order valence-electron chi connectivity index (χ4n) is 2.04. The zero-order valence-electron chi connectivity index (χ0n) is 13.2. The minimum Gasteiger partial charge on any atom is -0.478 e. The molecule has 2 rings (SSSR count). The van der Waals surface area contributed by atoms with Crippen LogP contribution in [-0.4, -0.2) is 32.1 Å². The van der Waals surface area contributed by atoms with E-state index in [0.717, 1.165) is 34.4 Å². The lowest BCUT2D eigenvalue weighted by molar-refractivity contribution is -0.132. The molecule has 0 saturated heterocycles. The highest BCUT2D eigenvalue weighted by atomic mass is 16.4. The summed E-state index contributed by atoms with van der Waals surface area (Å²) in [5.74, 6) is -2.05. The molecular weight excluding hydrogens is 308 g/mol. The average Bonchev–Trinajstić information content (AvgIpc) is 2.53. The molecule has 2 N–H and O–H groups in total. The summed E-state index contributed by atoms with van der Waals surface area (Å²) < 4.78 is 0. The summed E-state index contributed by atoms with van der Waals surface area (Å²) in [5.41, 5.74) is 4.30. The summed E-state index contributed by atoms with van der Waals surface area (Å²) in [6.07, 6.45) is 8.42. The van der Waals surface area contributed by atoms with Gasteiger partial charge in [-0.2, -0.15) is 0 Å². The second-order valence-corrected chi connectivity index (χ2v) is 5.20. The molecule has 2 aromatic heterocycles. The topological polar surface area (TPSA) is 100 Å². The Morgan fingerprint density at radius 2 is 1.21 bits per heavy atom. The number of aromatic nitrogens is 2. The van der Waals surface area contributed by atoms with Crippen molar-refractivity contribution in [2.45, 2.75) is 13.8 Å². The van der Waals surface area contributed by atoms with Gasteiger partial charge in [0, 0.05) is 24.5 Å². The van der Waals surface area contributed by atoms with E-state index in [1.807, 2.05) is 13.8 Å². The molecule has 0 aliphatic heterocycles. The van der Waals surface area contributed by atoms with Crippen molar-refractivity contribution in [1.82, 2.24) is 9.97 Å². The van der Waals surface area contributed by atoms with Crippen molar-refractivity contribution in [2.75, 3.05) is 0 Å². The third-order valence-corrected chi connectivity index (χ3v) is 3.36. The van der Waals surface area contributed by atoms with Gasteiger partial charge in [-0.3, -0.25) is 9.97 Å². The molecule has 0 saturated carbocycles. The van der Waals surface area contributed by atoms with E-state index in [-0.39, 0.29) is 0 Å². The summed E-state index contributed by atoms with van der Waals surface area (Å²) in [6, 6.07) is 3.49. The molecular formula is C18H16N2O4. The summed E-state index contributed by atoms with van der Waals surface area (Å²) >= 11 is 0. The Kier molecular flexibility index (Phi) is 5.21. The van der Waals surface area contributed by atoms with Crippen molar-refractivity contribution >= 4 is 24.1 Å². The second-order valence-electron chi connectivity index (χ2n) is 5.20. The van der Waals surface area contributed by atoms with Crippen LogP contribution in [0.1, 0.15) is 22.3 Å². The molecule has 0 bridgehead atoms. The molecule has 0 radical (unpaired) electrons. The molecule has 0 spiro atoms. The van der Waals surface area contributed by atoms with Crippen LogP contribution in [0.5, 0.6) is 0 Å². The lowest BCUT2D eigenvalue weighted by atomic mass is 10.1. The van der Waals surface area contributed by atoms with Crippen LogP contribution in [0.2, 0.25) is 0 Å². The van der Waals surface area contributed by atoms with Gasteiger partial charge in [0.05, 0.1) is 11.4 Å². The molecule has 0 unspecified atom stereocenters. The first kappa shape index (κ1) is 17.1. The first-order valence-corrected chi connectivity index (χ1v) is 7.12. The Labute approximate surface area is 138 Å². The van der Waals surface area contributed by atoms with E-state index in [0.29, 0.717) is 11.4 Å². The van der Waals surface area contributed by atoms with E-state index in [9.17, 15) is 9.59 Å². The second kappa shape index (κ2) is 7.32. The van der Waals surface area contributed by atoms with Gasteiger partial charge in [-0.05, 0) is 60.4 Å². The molecule has 122 valence electrons. The van der Waals surface area contributed by atoms with E-state index < -0.39 is 11.9 Å². The lowest BCUT2D eigenvalue weighted by Crippen LogP contribution is -1.94. The smallest absolute Gasteiger partial charge is 0.328 e. The number of nitrogens with zero attached hydrogens (tertiary/aromatic N) is 2. The summed E-state index contributed by atoms with van der Waals surface area (Å²) in [4.78, 5) is 30.0. The third kappa shape index (κ3) is 4.36. The minimum absolute atomic E-state index is 0.579. The maximum Gasteiger partial charge on any atom is 0.328 e. The third-order valence-electron chi connectivity index (χ3n) is 3.36. The van der Waals surface area contributed by atoms with Crippen molar-refractivity contribution in [3.63, 3.8) is 0 Å². The summed E-state index contributed by atoms with van der Waals surface area (Å²) in [7, 11) is 0. The molecule has 0 aliphatic rings. The predicted molar refractivity (Wildman–Crippen MR) is 90.3 cm³/mol. The fourth-order valence-corrected chi connectivity index (χ4v) is 2.04. The van der Waals surface area contributed by atoms with Crippen LogP contribution in [-0.2, 0) is 9.59 Å². The number of carboxylic acids is 2. The van der Waals surface area contributed by atoms with Crippen LogP contribution < -0.4 is 0 Å². The summed E-state index contributed by atoms with van der Waals surface area (Å²) in [6.45, 7) is 3.67. The summed E-state index contributed by atoms with van der Waals surface area (Å²) in [5, 5.41) is 17.5. The van der Waals surface area contributed by atoms with Crippen molar-refractivity contribution < 1.29 is 19.8 Å². The standard InChI is InChI=1S/C18H16N2O4/c1-11-9-19-15(7-13(11)3-5-17(21)22)16-8-14(4-6-18(23)24)12(2)10-20-16/h3-10H,1-2H3,(H,21,22)(H,23,24)/b5-3-,6-4+. The molecule has 6 nitrogen and oxygen atoms in total. The van der Waals surface area contributed by atoms with E-state index >= 15 is 0 Å². The van der Waals surface area contributed by atoms with E-state index in [1.165, 1.54) is 12.2 Å². The van der Waals surface area contributed by atoms with Gasteiger partial charge in [0.1, 0.15) is 0 Å². The monoisotopic (exact) mass is 324 g/mol. The SMILES string of the molecule is Cc1cnc(-c2cc(/C=C/C(=O)O)c(C)cn2)cc1/C=C\C(=O)O. The molecule has 24 heavy (non-hydrogen) atoms. The van der Waals surface area contributed by atoms with Crippen molar-refractivity contribution in [3.05, 3.63) is 58.9 Å². The maximum atomic E-state index is 10.7. The molecule has 0 fully saturated rings. The number of aliphatic carboxylic acids is 2. The Hall–Kier alpha value is -3.28. The highest BCUT2D eigenvalue weighted by Gasteiger charge is 2.07. The average molecular weight is 324 g/mol. The number of carboxylic acid groups (broad SMARTS) is 2. The van der Waals surface area contributed by atoms with Gasteiger partial charge in [-0.1, -0.05) is 0 Å². The number of hydrogen-bond acceptors (Lipinski definition) is 4. The van der Waals surface area contributed by atoms with Crippen molar-refractivity contribution in [1.29, 1.82) is 0 Å². The Bertz CT molecular complexity index is 783. The van der Waals surface area contributed by atoms with E-state index in [4.69, 9.17) is 10.2 Å². The predicted octanol–water partition coefficient (Wildman–Crippen LogP) is 2.96. The van der Waals surface area contributed by atoms with Crippen LogP contribution in [0.25, 0.3) is 23.5 Å². The quantitative estimate of drug-likeness (QED) is 0.820. The Morgan fingerprint density at radius 1 is 0.833 bits per heavy atom. The molecule has 2 aromatic rings. The van der Waals surface area contributed by atoms with Gasteiger partial charge in [-0.25, -0.2) is 9.59 Å². The van der Waals surface area contributed by atoms with Gasteiger partial charge in [-0.15, -0.1) is 0 Å². The lowest BCUT2D eigenvalue weighted by Gasteiger charge is -2.07. The number of pyridine rings is 2. The van der Waals surface area contributed by atoms with Crippen molar-refractivity contribution in [2.24, 2.45) is 0 Å². The molecule has 0 atom stereocenters. The van der Waals surface area contributed by atoms with E-state index in [2.05, 4.69) is 9.97 Å². The highest BCUT2D eigenvalue weighted by Crippen LogP contribution is 2.22. The van der Waals surface area contributed by atoms with Gasteiger partial charge in [0.25, 0.3) is 0 Å². The number of aryl methyl sites for hydroxylation is 2. The van der Waals surface area contributed by atoms with Crippen LogP contribution in [0.3, 0.4) is 0 Å². The normalized spacial score (nSPS) is 11.2. The van der Waals surface area contributed by atoms with Crippen molar-refractivity contribution in [3.8, 4) is 11.4 Å². The van der Waals surface area contributed by atoms with Gasteiger partial charge >= 0.3 is 11.9 Å². The number of hydrogen-bond donors (Lipinski definition) is 2. The largest absolute Gasteiger partial charge is 0.478 e. The fraction of sp³-hybridized carbons (Fsp3) is 0.111. The molecule has 0 aliphatic carbocycles. The molecule has 6 heteroatoms. The highest BCUT2D eigenvalue weighted by molar-refractivity contribution is 5.86. The number of carbonyl (C=O) groups is 2. The molecule has 0 aromatic carbocycles. The Morgan fingerprint density at radius 3 is 1.54 bits per heavy atom. The zero-order valence-corrected chi connectivity index (χ0v) is 13.2. The van der Waals surface area contributed by atoms with Crippen LogP contribution in [0.4, 0.5) is 0 Å². The van der Waals surface area contributed by atoms with Gasteiger partial charge in [0.2, 0.25) is 0 Å². The first-order valence-electron chi connectivity index (χ1n) is 7.12. The maximum absolute atomic E-state index is 10.7. The first-order chi connectivity index (χ1) is 11.4. The van der Waals surface area contributed by atoms with Gasteiger partial charge in [0.15, 0.2) is 0 Å². The number of rotatable bonds is 5. The van der Waals surface area contributed by atoms with Crippen LogP contribution in [0, 0.1) is 13.8 Å². The molecule has 0 amide bonds. The van der Waals surface area contributed by atoms with Crippen LogP contribution >= 0.6 is 0 Å². The molecule has 2 heterocycles. The van der Waals surface area contributed by atoms with Gasteiger partial charge < -0.3 is 10.2 Å². The zero-order chi connectivity index (χ0) is 17.7. The van der Waals surface area contributed by atoms with Crippen LogP contribution in [0.15, 0.2) is 36.7 Å². The van der Waals surface area contributed by atoms with E-state index in [1.54, 1.807) is 24.5 Å².